The predicted octanol–water partition coefficient (Wildman–Crippen LogP) is 4.23. The number of benzene rings is 2. The van der Waals surface area contributed by atoms with Crippen LogP contribution in [0.2, 0.25) is 0 Å². The maximum Gasteiger partial charge on any atom is 0.436 e. The van der Waals surface area contributed by atoms with E-state index in [-0.39, 0.29) is 39.1 Å². The van der Waals surface area contributed by atoms with E-state index in [0.717, 1.165) is 16.4 Å². The minimum Gasteiger partial charge on any atom is -0.494 e. The molecule has 0 aliphatic carbocycles. The summed E-state index contributed by atoms with van der Waals surface area (Å²) in [5.74, 6) is -0.433. The van der Waals surface area contributed by atoms with Crippen LogP contribution in [0.5, 0.6) is 11.5 Å². The highest BCUT2D eigenvalue weighted by Crippen LogP contribution is 2.49. The first-order valence-electron chi connectivity index (χ1n) is 8.34. The number of methoxy groups -OCH3 is 1. The lowest BCUT2D eigenvalue weighted by Gasteiger charge is -2.20. The van der Waals surface area contributed by atoms with Crippen molar-refractivity contribution in [2.75, 3.05) is 7.11 Å². The maximum absolute atomic E-state index is 14.8. The number of thioether (sulfide) groups is 1. The summed E-state index contributed by atoms with van der Waals surface area (Å²) < 4.78 is 77.6. The molecular weight excluding hydrogens is 446 g/mol. The molecular formula is C18H13F4N3O3S2. The Balaban J connectivity index is 1.92. The smallest absolute Gasteiger partial charge is 0.436 e. The fraction of sp³-hybridized carbons (Fsp3) is 0.167. The van der Waals surface area contributed by atoms with Crippen LogP contribution in [0.1, 0.15) is 11.3 Å². The summed E-state index contributed by atoms with van der Waals surface area (Å²) in [6.45, 7) is 0. The molecule has 2 N–H and O–H groups in total. The standard InChI is InChI=1S/C18H13F4N3O3S2/c1-27-13-7-6-11-12(14(13)19)8-29-16-15(11)25(24-17(16)18(20,21)22)9-2-4-10(5-3-9)28-30(23)26/h2-7H,8,23H2,1H3. The molecule has 158 valence electrons. The SMILES string of the molecule is COc1ccc2c(c1F)CSc1c(C(F)(F)F)nn(-c3ccc(OS(N)=O)cc3)c1-2. The topological polar surface area (TPSA) is 79.4 Å². The largest absolute Gasteiger partial charge is 0.494 e. The van der Waals surface area contributed by atoms with Crippen molar-refractivity contribution < 1.29 is 30.7 Å². The minimum absolute atomic E-state index is 0.00916. The van der Waals surface area contributed by atoms with Gasteiger partial charge in [-0.15, -0.1) is 11.8 Å². The molecule has 1 unspecified atom stereocenters. The normalized spacial score (nSPS) is 14.1. The highest BCUT2D eigenvalue weighted by molar-refractivity contribution is 7.98. The molecule has 1 aromatic heterocycles. The quantitative estimate of drug-likeness (QED) is 0.591. The first kappa shape index (κ1) is 20.7. The van der Waals surface area contributed by atoms with Crippen LogP contribution in [0.4, 0.5) is 17.6 Å². The van der Waals surface area contributed by atoms with Gasteiger partial charge in [-0.05, 0) is 36.4 Å². The number of nitrogens with two attached hydrogens (primary N) is 1. The van der Waals surface area contributed by atoms with E-state index in [1.807, 2.05) is 0 Å². The molecule has 4 rings (SSSR count). The van der Waals surface area contributed by atoms with Gasteiger partial charge in [0.2, 0.25) is 0 Å². The molecule has 2 aromatic carbocycles. The van der Waals surface area contributed by atoms with Crippen molar-refractivity contribution in [1.29, 1.82) is 0 Å². The molecule has 12 heteroatoms. The van der Waals surface area contributed by atoms with Gasteiger partial charge < -0.3 is 8.92 Å². The van der Waals surface area contributed by atoms with Crippen molar-refractivity contribution >= 4 is 23.0 Å². The first-order valence-corrected chi connectivity index (χ1v) is 10.5. The van der Waals surface area contributed by atoms with Crippen LogP contribution in [0, 0.1) is 5.82 Å². The van der Waals surface area contributed by atoms with Gasteiger partial charge in [0.05, 0.1) is 23.4 Å². The molecule has 0 saturated carbocycles. The van der Waals surface area contributed by atoms with Crippen LogP contribution in [-0.2, 0) is 23.2 Å². The highest BCUT2D eigenvalue weighted by Gasteiger charge is 2.42. The van der Waals surface area contributed by atoms with E-state index in [0.29, 0.717) is 5.56 Å². The molecule has 30 heavy (non-hydrogen) atoms. The molecule has 1 aliphatic rings. The van der Waals surface area contributed by atoms with Gasteiger partial charge in [-0.3, -0.25) is 0 Å². The van der Waals surface area contributed by atoms with Crippen LogP contribution in [0.25, 0.3) is 16.9 Å². The highest BCUT2D eigenvalue weighted by atomic mass is 32.2. The number of halogens is 4. The third-order valence-electron chi connectivity index (χ3n) is 4.41. The summed E-state index contributed by atoms with van der Waals surface area (Å²) in [7, 11) is 1.32. The Hall–Kier alpha value is -2.57. The zero-order valence-corrected chi connectivity index (χ0v) is 16.8. The van der Waals surface area contributed by atoms with Crippen LogP contribution in [-0.4, -0.2) is 21.1 Å². The Morgan fingerprint density at radius 1 is 1.20 bits per heavy atom. The molecule has 2 heterocycles. The van der Waals surface area contributed by atoms with Crippen molar-refractivity contribution in [2.45, 2.75) is 16.8 Å². The lowest BCUT2D eigenvalue weighted by molar-refractivity contribution is -0.143. The van der Waals surface area contributed by atoms with E-state index in [9.17, 15) is 21.8 Å². The molecule has 1 atom stereocenters. The Kier molecular flexibility index (Phi) is 5.24. The molecule has 0 amide bonds. The average Bonchev–Trinajstić information content (AvgIpc) is 3.09. The van der Waals surface area contributed by atoms with E-state index >= 15 is 0 Å². The van der Waals surface area contributed by atoms with Crippen LogP contribution in [0.3, 0.4) is 0 Å². The van der Waals surface area contributed by atoms with Crippen molar-refractivity contribution in [3.63, 3.8) is 0 Å². The molecule has 0 radical (unpaired) electrons. The summed E-state index contributed by atoms with van der Waals surface area (Å²) in [5.41, 5.74) is -0.103. The third kappa shape index (κ3) is 3.55. The molecule has 0 saturated heterocycles. The predicted molar refractivity (Wildman–Crippen MR) is 103 cm³/mol. The Bertz CT molecular complexity index is 1150. The number of fused-ring (bicyclic) bond motifs is 3. The van der Waals surface area contributed by atoms with E-state index in [1.54, 1.807) is 0 Å². The van der Waals surface area contributed by atoms with E-state index in [4.69, 9.17) is 14.1 Å². The Morgan fingerprint density at radius 2 is 1.90 bits per heavy atom. The van der Waals surface area contributed by atoms with Crippen LogP contribution >= 0.6 is 11.8 Å². The van der Waals surface area contributed by atoms with E-state index in [1.165, 1.54) is 43.5 Å². The summed E-state index contributed by atoms with van der Waals surface area (Å²) in [6.07, 6.45) is -4.69. The average molecular weight is 459 g/mol. The number of ether oxygens (including phenoxy) is 1. The zero-order valence-electron chi connectivity index (χ0n) is 15.2. The second-order valence-corrected chi connectivity index (χ2v) is 7.84. The summed E-state index contributed by atoms with van der Waals surface area (Å²) in [5, 5.41) is 8.85. The Labute approximate surface area is 174 Å². The fourth-order valence-corrected chi connectivity index (χ4v) is 4.65. The lowest BCUT2D eigenvalue weighted by atomic mass is 10.0. The second-order valence-electron chi connectivity index (χ2n) is 6.17. The van der Waals surface area contributed by atoms with Gasteiger partial charge in [-0.1, -0.05) is 0 Å². The first-order chi connectivity index (χ1) is 14.2. The number of aromatic nitrogens is 2. The van der Waals surface area contributed by atoms with Gasteiger partial charge in [0.1, 0.15) is 5.75 Å². The van der Waals surface area contributed by atoms with Crippen LogP contribution in [0.15, 0.2) is 41.3 Å². The van der Waals surface area contributed by atoms with Crippen LogP contribution < -0.4 is 14.1 Å². The number of hydrogen-bond acceptors (Lipinski definition) is 5. The maximum atomic E-state index is 14.8. The molecule has 3 aromatic rings. The summed E-state index contributed by atoms with van der Waals surface area (Å²) in [4.78, 5) is -0.0806. The van der Waals surface area contributed by atoms with Crippen molar-refractivity contribution in [1.82, 2.24) is 9.78 Å². The van der Waals surface area contributed by atoms with Crippen molar-refractivity contribution in [3.05, 3.63) is 53.5 Å². The number of nitrogens with zero attached hydrogens (tertiary/aromatic N) is 2. The third-order valence-corrected chi connectivity index (χ3v) is 5.88. The van der Waals surface area contributed by atoms with Crippen molar-refractivity contribution in [2.24, 2.45) is 5.14 Å². The zero-order chi connectivity index (χ0) is 21.6. The molecule has 1 aliphatic heterocycles. The van der Waals surface area contributed by atoms with Gasteiger partial charge in [0.15, 0.2) is 17.3 Å². The molecule has 6 nitrogen and oxygen atoms in total. The second kappa shape index (κ2) is 7.60. The van der Waals surface area contributed by atoms with Gasteiger partial charge >= 0.3 is 6.18 Å². The van der Waals surface area contributed by atoms with Gasteiger partial charge in [-0.25, -0.2) is 14.2 Å². The van der Waals surface area contributed by atoms with Crippen molar-refractivity contribution in [3.8, 4) is 28.4 Å². The number of hydrogen-bond donors (Lipinski definition) is 1. The Morgan fingerprint density at radius 3 is 2.50 bits per heavy atom. The fourth-order valence-electron chi connectivity index (χ4n) is 3.15. The minimum atomic E-state index is -4.69. The summed E-state index contributed by atoms with van der Waals surface area (Å²) >= 11 is -1.18. The molecule has 0 fully saturated rings. The van der Waals surface area contributed by atoms with E-state index < -0.39 is 29.0 Å². The lowest BCUT2D eigenvalue weighted by Crippen LogP contribution is -2.10. The van der Waals surface area contributed by atoms with Gasteiger partial charge in [-0.2, -0.15) is 22.5 Å². The molecule has 0 spiro atoms. The van der Waals surface area contributed by atoms with Gasteiger partial charge in [0, 0.05) is 16.9 Å². The summed E-state index contributed by atoms with van der Waals surface area (Å²) in [6, 6.07) is 8.55. The van der Waals surface area contributed by atoms with Gasteiger partial charge in [0.25, 0.3) is 11.3 Å². The number of rotatable bonds is 4. The number of alkyl halides is 3. The molecule has 0 bridgehead atoms. The monoisotopic (exact) mass is 459 g/mol. The van der Waals surface area contributed by atoms with E-state index in [2.05, 4.69) is 5.10 Å².